The Balaban J connectivity index is 2.10. The molecular formula is C17H27N3O3S. The summed E-state index contributed by atoms with van der Waals surface area (Å²) in [6.07, 6.45) is 4.21. The summed E-state index contributed by atoms with van der Waals surface area (Å²) in [7, 11) is -2.11. The number of hydrogen-bond acceptors (Lipinski definition) is 3. The maximum atomic E-state index is 12.6. The fourth-order valence-corrected chi connectivity index (χ4v) is 3.90. The third kappa shape index (κ3) is 4.27. The Bertz CT molecular complexity index is 675. The Morgan fingerprint density at radius 3 is 2.79 bits per heavy atom. The van der Waals surface area contributed by atoms with E-state index in [0.29, 0.717) is 6.04 Å². The lowest BCUT2D eigenvalue weighted by Gasteiger charge is -2.36. The lowest BCUT2D eigenvalue weighted by Crippen LogP contribution is -2.48. The molecule has 2 atom stereocenters. The van der Waals surface area contributed by atoms with Crippen LogP contribution in [0.2, 0.25) is 0 Å². The number of benzene rings is 1. The van der Waals surface area contributed by atoms with Crippen LogP contribution in [0.3, 0.4) is 0 Å². The zero-order chi connectivity index (χ0) is 17.7. The van der Waals surface area contributed by atoms with Gasteiger partial charge in [0.25, 0.3) is 0 Å². The van der Waals surface area contributed by atoms with E-state index in [1.165, 1.54) is 13.5 Å². The minimum absolute atomic E-state index is 0.0732. The largest absolute Gasteiger partial charge is 0.331 e. The summed E-state index contributed by atoms with van der Waals surface area (Å²) in [5.74, 6) is 0. The van der Waals surface area contributed by atoms with E-state index >= 15 is 0 Å². The van der Waals surface area contributed by atoms with Crippen LogP contribution >= 0.6 is 0 Å². The van der Waals surface area contributed by atoms with E-state index in [-0.39, 0.29) is 17.0 Å². The standard InChI is InChI=1S/C17H27N3O3S/c1-4-15-9-5-6-11-20(15)17(21)19-13(2)14-8-7-10-16(12-14)24(22,23)18-3/h7-8,10,12-13,15,18H,4-6,9,11H2,1-3H3,(H,19,21). The van der Waals surface area contributed by atoms with Crippen LogP contribution in [0.15, 0.2) is 29.2 Å². The van der Waals surface area contributed by atoms with Crippen LogP contribution in [0.5, 0.6) is 0 Å². The zero-order valence-electron chi connectivity index (χ0n) is 14.6. The van der Waals surface area contributed by atoms with Gasteiger partial charge in [0.15, 0.2) is 0 Å². The fourth-order valence-electron chi connectivity index (χ4n) is 3.11. The van der Waals surface area contributed by atoms with Gasteiger partial charge < -0.3 is 10.2 Å². The highest BCUT2D eigenvalue weighted by Crippen LogP contribution is 2.21. The molecule has 2 unspecified atom stereocenters. The summed E-state index contributed by atoms with van der Waals surface area (Å²) in [6, 6.07) is 6.62. The fraction of sp³-hybridized carbons (Fsp3) is 0.588. The number of likely N-dealkylation sites (tertiary alicyclic amines) is 1. The van der Waals surface area contributed by atoms with E-state index in [9.17, 15) is 13.2 Å². The summed E-state index contributed by atoms with van der Waals surface area (Å²) >= 11 is 0. The number of nitrogens with zero attached hydrogens (tertiary/aromatic N) is 1. The Labute approximate surface area is 144 Å². The zero-order valence-corrected chi connectivity index (χ0v) is 15.4. The predicted octanol–water partition coefficient (Wildman–Crippen LogP) is 2.63. The second-order valence-corrected chi connectivity index (χ2v) is 8.09. The molecular weight excluding hydrogens is 326 g/mol. The van der Waals surface area contributed by atoms with Crippen LogP contribution in [-0.4, -0.2) is 39.0 Å². The van der Waals surface area contributed by atoms with Gasteiger partial charge in [0.2, 0.25) is 10.0 Å². The predicted molar refractivity (Wildman–Crippen MR) is 94.3 cm³/mol. The molecule has 1 aliphatic heterocycles. The number of hydrogen-bond donors (Lipinski definition) is 2. The maximum absolute atomic E-state index is 12.6. The van der Waals surface area contributed by atoms with Crippen LogP contribution in [0, 0.1) is 0 Å². The van der Waals surface area contributed by atoms with E-state index in [1.54, 1.807) is 18.2 Å². The average Bonchev–Trinajstić information content (AvgIpc) is 2.61. The van der Waals surface area contributed by atoms with Gasteiger partial charge in [-0.25, -0.2) is 17.9 Å². The van der Waals surface area contributed by atoms with Crippen molar-refractivity contribution in [2.45, 2.75) is 56.5 Å². The van der Waals surface area contributed by atoms with Crippen LogP contribution in [0.4, 0.5) is 4.79 Å². The Morgan fingerprint density at radius 1 is 1.38 bits per heavy atom. The number of rotatable bonds is 5. The Kier molecular flexibility index (Phi) is 6.23. The van der Waals surface area contributed by atoms with Crippen LogP contribution in [-0.2, 0) is 10.0 Å². The number of amides is 2. The van der Waals surface area contributed by atoms with Crippen molar-refractivity contribution in [1.29, 1.82) is 0 Å². The molecule has 134 valence electrons. The highest BCUT2D eigenvalue weighted by molar-refractivity contribution is 7.89. The van der Waals surface area contributed by atoms with Gasteiger partial charge in [0.05, 0.1) is 10.9 Å². The molecule has 0 aliphatic carbocycles. The van der Waals surface area contributed by atoms with Gasteiger partial charge in [-0.15, -0.1) is 0 Å². The molecule has 0 bridgehead atoms. The van der Waals surface area contributed by atoms with Crippen LogP contribution in [0.1, 0.15) is 51.1 Å². The highest BCUT2D eigenvalue weighted by atomic mass is 32.2. The Hall–Kier alpha value is -1.60. The van der Waals surface area contributed by atoms with Crippen molar-refractivity contribution >= 4 is 16.1 Å². The molecule has 1 aromatic rings. The third-order valence-corrected chi connectivity index (χ3v) is 6.05. The molecule has 1 fully saturated rings. The van der Waals surface area contributed by atoms with E-state index in [1.807, 2.05) is 17.9 Å². The highest BCUT2D eigenvalue weighted by Gasteiger charge is 2.26. The van der Waals surface area contributed by atoms with Gasteiger partial charge in [-0.05, 0) is 57.4 Å². The molecule has 6 nitrogen and oxygen atoms in total. The number of carbonyl (C=O) groups excluding carboxylic acids is 1. The van der Waals surface area contributed by atoms with Crippen molar-refractivity contribution in [2.75, 3.05) is 13.6 Å². The molecule has 1 heterocycles. The van der Waals surface area contributed by atoms with Gasteiger partial charge >= 0.3 is 6.03 Å². The molecule has 0 radical (unpaired) electrons. The monoisotopic (exact) mass is 353 g/mol. The molecule has 24 heavy (non-hydrogen) atoms. The molecule has 1 saturated heterocycles. The SMILES string of the molecule is CCC1CCCCN1C(=O)NC(C)c1cccc(S(=O)(=O)NC)c1. The third-order valence-electron chi connectivity index (χ3n) is 4.64. The average molecular weight is 353 g/mol. The normalized spacial score (nSPS) is 19.8. The first-order valence-electron chi connectivity index (χ1n) is 8.49. The molecule has 1 aromatic carbocycles. The van der Waals surface area contributed by atoms with Crippen LogP contribution < -0.4 is 10.0 Å². The summed E-state index contributed by atoms with van der Waals surface area (Å²) in [5.41, 5.74) is 0.768. The van der Waals surface area contributed by atoms with Gasteiger partial charge in [0.1, 0.15) is 0 Å². The molecule has 7 heteroatoms. The van der Waals surface area contributed by atoms with Crippen LogP contribution in [0.25, 0.3) is 0 Å². The second-order valence-electron chi connectivity index (χ2n) is 6.20. The number of carbonyl (C=O) groups is 1. The van der Waals surface area contributed by atoms with Gasteiger partial charge in [0, 0.05) is 12.6 Å². The van der Waals surface area contributed by atoms with Crippen molar-refractivity contribution in [2.24, 2.45) is 0 Å². The maximum Gasteiger partial charge on any atom is 0.318 e. The van der Waals surface area contributed by atoms with E-state index in [2.05, 4.69) is 17.0 Å². The smallest absolute Gasteiger partial charge is 0.318 e. The number of piperidine rings is 1. The second kappa shape index (κ2) is 7.98. The molecule has 0 saturated carbocycles. The van der Waals surface area contributed by atoms with E-state index in [4.69, 9.17) is 0 Å². The van der Waals surface area contributed by atoms with Crippen molar-refractivity contribution in [3.8, 4) is 0 Å². The van der Waals surface area contributed by atoms with E-state index < -0.39 is 10.0 Å². The number of sulfonamides is 1. The molecule has 0 aromatic heterocycles. The first-order valence-corrected chi connectivity index (χ1v) is 9.98. The van der Waals surface area contributed by atoms with Crippen molar-refractivity contribution in [3.63, 3.8) is 0 Å². The molecule has 2 amide bonds. The minimum atomic E-state index is -3.49. The van der Waals surface area contributed by atoms with Gasteiger partial charge in [-0.1, -0.05) is 19.1 Å². The number of nitrogens with one attached hydrogen (secondary N) is 2. The molecule has 1 aliphatic rings. The molecule has 2 N–H and O–H groups in total. The summed E-state index contributed by atoms with van der Waals surface area (Å²) in [5, 5.41) is 3.00. The minimum Gasteiger partial charge on any atom is -0.331 e. The van der Waals surface area contributed by atoms with Crippen molar-refractivity contribution < 1.29 is 13.2 Å². The first-order chi connectivity index (χ1) is 11.4. The van der Waals surface area contributed by atoms with Gasteiger partial charge in [-0.2, -0.15) is 0 Å². The summed E-state index contributed by atoms with van der Waals surface area (Å²) in [6.45, 7) is 4.75. The van der Waals surface area contributed by atoms with E-state index in [0.717, 1.165) is 31.4 Å². The molecule has 0 spiro atoms. The van der Waals surface area contributed by atoms with Gasteiger partial charge in [-0.3, -0.25) is 0 Å². The number of urea groups is 1. The lowest BCUT2D eigenvalue weighted by atomic mass is 10.0. The molecule has 2 rings (SSSR count). The lowest BCUT2D eigenvalue weighted by molar-refractivity contribution is 0.146. The Morgan fingerprint density at radius 2 is 2.12 bits per heavy atom. The summed E-state index contributed by atoms with van der Waals surface area (Å²) in [4.78, 5) is 14.7. The topological polar surface area (TPSA) is 78.5 Å². The first kappa shape index (κ1) is 18.7. The quantitative estimate of drug-likeness (QED) is 0.854. The summed E-state index contributed by atoms with van der Waals surface area (Å²) < 4.78 is 26.1. The van der Waals surface area contributed by atoms with Crippen molar-refractivity contribution in [3.05, 3.63) is 29.8 Å². The van der Waals surface area contributed by atoms with Crippen molar-refractivity contribution in [1.82, 2.24) is 14.9 Å².